The van der Waals surface area contributed by atoms with E-state index in [0.29, 0.717) is 17.9 Å². The van der Waals surface area contributed by atoms with Gasteiger partial charge in [0.25, 0.3) is 0 Å². The van der Waals surface area contributed by atoms with Crippen molar-refractivity contribution in [1.82, 2.24) is 15.1 Å². The summed E-state index contributed by atoms with van der Waals surface area (Å²) in [5, 5.41) is 15.2. The molecule has 1 atom stereocenters. The number of rotatable bonds is 7. The topological polar surface area (TPSA) is 118 Å². The Morgan fingerprint density at radius 3 is 2.57 bits per heavy atom. The molecule has 0 saturated carbocycles. The Hall–Kier alpha value is -1.90. The summed E-state index contributed by atoms with van der Waals surface area (Å²) in [5.41, 5.74) is 1.20. The van der Waals surface area contributed by atoms with Crippen molar-refractivity contribution < 1.29 is 23.1 Å². The maximum absolute atomic E-state index is 12.1. The van der Waals surface area contributed by atoms with Crippen LogP contribution in [0.2, 0.25) is 0 Å². The number of amides is 1. The highest BCUT2D eigenvalue weighted by Gasteiger charge is 2.27. The van der Waals surface area contributed by atoms with Crippen molar-refractivity contribution in [3.05, 3.63) is 17.5 Å². The largest absolute Gasteiger partial charge is 0.480 e. The molecule has 1 amide bonds. The molecule has 0 saturated heterocycles. The Kier molecular flexibility index (Phi) is 5.47. The molecule has 8 nitrogen and oxygen atoms in total. The van der Waals surface area contributed by atoms with Crippen molar-refractivity contribution in [2.45, 2.75) is 39.1 Å². The summed E-state index contributed by atoms with van der Waals surface area (Å²) < 4.78 is 25.8. The molecule has 0 aliphatic carbocycles. The second-order valence-electron chi connectivity index (χ2n) is 4.74. The summed E-state index contributed by atoms with van der Waals surface area (Å²) in [7, 11) is -3.70. The normalized spacial score (nSPS) is 12.9. The first-order chi connectivity index (χ1) is 9.64. The van der Waals surface area contributed by atoms with E-state index in [1.165, 1.54) is 0 Å². The Morgan fingerprint density at radius 1 is 1.48 bits per heavy atom. The molecule has 2 N–H and O–H groups in total. The number of nitrogens with zero attached hydrogens (tertiary/aromatic N) is 2. The molecule has 1 heterocycles. The van der Waals surface area contributed by atoms with Crippen molar-refractivity contribution in [3.63, 3.8) is 0 Å². The second-order valence-corrected chi connectivity index (χ2v) is 6.85. The first-order valence-corrected chi connectivity index (χ1v) is 8.20. The van der Waals surface area contributed by atoms with Gasteiger partial charge in [-0.1, -0.05) is 0 Å². The highest BCUT2D eigenvalue weighted by Crippen LogP contribution is 2.10. The van der Waals surface area contributed by atoms with E-state index in [9.17, 15) is 18.0 Å². The number of hydrogen-bond donors (Lipinski definition) is 2. The zero-order chi connectivity index (χ0) is 16.2. The predicted octanol–water partition coefficient (Wildman–Crippen LogP) is -0.284. The molecule has 118 valence electrons. The number of aliphatic carboxylic acids is 1. The van der Waals surface area contributed by atoms with Crippen LogP contribution in [0.25, 0.3) is 0 Å². The average molecular weight is 317 g/mol. The third-order valence-electron chi connectivity index (χ3n) is 2.75. The third-order valence-corrected chi connectivity index (χ3v) is 4.33. The summed E-state index contributed by atoms with van der Waals surface area (Å²) in [6.45, 7) is 5.24. The number of carbonyl (C=O) groups is 2. The van der Waals surface area contributed by atoms with E-state index < -0.39 is 33.5 Å². The number of sulfone groups is 1. The van der Waals surface area contributed by atoms with Gasteiger partial charge in [0.05, 0.1) is 22.9 Å². The van der Waals surface area contributed by atoms with Gasteiger partial charge in [0.1, 0.15) is 6.04 Å². The Balaban J connectivity index is 2.89. The minimum atomic E-state index is -3.70. The van der Waals surface area contributed by atoms with E-state index >= 15 is 0 Å². The van der Waals surface area contributed by atoms with Gasteiger partial charge in [-0.15, -0.1) is 0 Å². The van der Waals surface area contributed by atoms with Gasteiger partial charge >= 0.3 is 5.97 Å². The average Bonchev–Trinajstić information content (AvgIpc) is 2.66. The fourth-order valence-electron chi connectivity index (χ4n) is 1.95. The van der Waals surface area contributed by atoms with Crippen LogP contribution in [0.5, 0.6) is 0 Å². The third kappa shape index (κ3) is 5.18. The van der Waals surface area contributed by atoms with Crippen molar-refractivity contribution in [2.24, 2.45) is 0 Å². The van der Waals surface area contributed by atoms with E-state index in [-0.39, 0.29) is 5.75 Å². The van der Waals surface area contributed by atoms with Crippen LogP contribution in [0.4, 0.5) is 0 Å². The van der Waals surface area contributed by atoms with Crippen LogP contribution < -0.4 is 5.32 Å². The lowest BCUT2D eigenvalue weighted by atomic mass is 10.3. The smallest absolute Gasteiger partial charge is 0.327 e. The lowest BCUT2D eigenvalue weighted by Gasteiger charge is -2.13. The summed E-state index contributed by atoms with van der Waals surface area (Å²) in [6, 6.07) is 0.196. The van der Waals surface area contributed by atoms with E-state index in [4.69, 9.17) is 5.11 Å². The van der Waals surface area contributed by atoms with Gasteiger partial charge in [-0.3, -0.25) is 9.48 Å². The van der Waals surface area contributed by atoms with Crippen LogP contribution >= 0.6 is 0 Å². The molecule has 0 radical (unpaired) electrons. The van der Waals surface area contributed by atoms with E-state index in [1.807, 2.05) is 6.92 Å². The van der Waals surface area contributed by atoms with Crippen LogP contribution in [-0.2, 0) is 31.7 Å². The molecule has 9 heteroatoms. The monoisotopic (exact) mass is 317 g/mol. The summed E-state index contributed by atoms with van der Waals surface area (Å²) >= 11 is 0. The van der Waals surface area contributed by atoms with Gasteiger partial charge in [0, 0.05) is 13.5 Å². The molecule has 0 aliphatic heterocycles. The molecule has 0 spiro atoms. The van der Waals surface area contributed by atoms with Crippen molar-refractivity contribution >= 4 is 21.7 Å². The minimum absolute atomic E-state index is 0.314. The zero-order valence-electron chi connectivity index (χ0n) is 12.2. The van der Waals surface area contributed by atoms with Crippen LogP contribution in [-0.4, -0.2) is 47.0 Å². The van der Waals surface area contributed by atoms with E-state index in [2.05, 4.69) is 10.4 Å². The molecular weight excluding hydrogens is 298 g/mol. The van der Waals surface area contributed by atoms with Crippen molar-refractivity contribution in [3.8, 4) is 0 Å². The number of nitrogens with one attached hydrogen (secondary N) is 1. The molecule has 0 aromatic carbocycles. The van der Waals surface area contributed by atoms with Gasteiger partial charge in [-0.25, -0.2) is 13.2 Å². The number of carbonyl (C=O) groups excluding carboxylic acids is 1. The molecule has 1 aromatic rings. The fraction of sp³-hybridized carbons (Fsp3) is 0.583. The van der Waals surface area contributed by atoms with Crippen LogP contribution in [0.1, 0.15) is 25.2 Å². The molecule has 1 unspecified atom stereocenters. The lowest BCUT2D eigenvalue weighted by molar-refractivity contribution is -0.140. The number of carboxylic acid groups (broad SMARTS) is 1. The van der Waals surface area contributed by atoms with E-state index in [0.717, 1.165) is 6.92 Å². The Bertz CT molecular complexity index is 635. The molecule has 0 aliphatic rings. The molecular formula is C12H19N3O5S. The van der Waals surface area contributed by atoms with Crippen LogP contribution in [0.15, 0.2) is 6.07 Å². The van der Waals surface area contributed by atoms with E-state index in [1.54, 1.807) is 17.7 Å². The van der Waals surface area contributed by atoms with Crippen LogP contribution in [0.3, 0.4) is 0 Å². The number of hydrogen-bond acceptors (Lipinski definition) is 5. The highest BCUT2D eigenvalue weighted by molar-refractivity contribution is 7.90. The maximum Gasteiger partial charge on any atom is 0.327 e. The number of aryl methyl sites for hydroxylation is 2. The standard InChI is InChI=1S/C12H19N3O5S/c1-4-15-10(5-8(2)14-15)6-21(19,20)7-11(12(17)18)13-9(3)16/h5,11H,4,6-7H2,1-3H3,(H,13,16)(H,17,18). The van der Waals surface area contributed by atoms with Crippen molar-refractivity contribution in [2.75, 3.05) is 5.75 Å². The van der Waals surface area contributed by atoms with Crippen molar-refractivity contribution in [1.29, 1.82) is 0 Å². The Labute approximate surface area is 123 Å². The van der Waals surface area contributed by atoms with Gasteiger partial charge < -0.3 is 10.4 Å². The number of aromatic nitrogens is 2. The quantitative estimate of drug-likeness (QED) is 0.714. The SMILES string of the molecule is CCn1nc(C)cc1CS(=O)(=O)CC(NC(C)=O)C(=O)O. The summed E-state index contributed by atoms with van der Waals surface area (Å²) in [6.07, 6.45) is 0. The maximum atomic E-state index is 12.1. The minimum Gasteiger partial charge on any atom is -0.480 e. The summed E-state index contributed by atoms with van der Waals surface area (Å²) in [4.78, 5) is 21.9. The molecule has 1 rings (SSSR count). The molecule has 0 fully saturated rings. The first kappa shape index (κ1) is 17.2. The van der Waals surface area contributed by atoms with Crippen LogP contribution in [0, 0.1) is 6.92 Å². The van der Waals surface area contributed by atoms with Gasteiger partial charge in [-0.05, 0) is 19.9 Å². The molecule has 0 bridgehead atoms. The number of carboxylic acids is 1. The lowest BCUT2D eigenvalue weighted by Crippen LogP contribution is -2.44. The first-order valence-electron chi connectivity index (χ1n) is 6.38. The zero-order valence-corrected chi connectivity index (χ0v) is 13.0. The molecule has 21 heavy (non-hydrogen) atoms. The summed E-state index contributed by atoms with van der Waals surface area (Å²) in [5.74, 6) is -2.94. The Morgan fingerprint density at radius 2 is 2.10 bits per heavy atom. The predicted molar refractivity (Wildman–Crippen MR) is 75.4 cm³/mol. The second kappa shape index (κ2) is 6.70. The van der Waals surface area contributed by atoms with Gasteiger partial charge in [0.15, 0.2) is 9.84 Å². The van der Waals surface area contributed by atoms with Gasteiger partial charge in [-0.2, -0.15) is 5.10 Å². The molecule has 1 aromatic heterocycles. The van der Waals surface area contributed by atoms with Gasteiger partial charge in [0.2, 0.25) is 5.91 Å². The fourth-order valence-corrected chi connectivity index (χ4v) is 3.48. The highest BCUT2D eigenvalue weighted by atomic mass is 32.2.